The van der Waals surface area contributed by atoms with Crippen LogP contribution in [0.5, 0.6) is 0 Å². The maximum absolute atomic E-state index is 12.7. The summed E-state index contributed by atoms with van der Waals surface area (Å²) >= 11 is 0. The molecule has 1 atom stereocenters. The normalized spacial score (nSPS) is 20.9. The summed E-state index contributed by atoms with van der Waals surface area (Å²) in [5.74, 6) is 0. The van der Waals surface area contributed by atoms with Gasteiger partial charge in [-0.2, -0.15) is 13.2 Å². The van der Waals surface area contributed by atoms with Crippen molar-refractivity contribution in [2.45, 2.75) is 31.6 Å². The third-order valence-electron chi connectivity index (χ3n) is 3.44. The second kappa shape index (κ2) is 5.38. The van der Waals surface area contributed by atoms with E-state index in [4.69, 9.17) is 5.73 Å². The zero-order valence-corrected chi connectivity index (χ0v) is 10.5. The molecule has 0 saturated carbocycles. The Morgan fingerprint density at radius 2 is 2.05 bits per heavy atom. The first kappa shape index (κ1) is 14.1. The van der Waals surface area contributed by atoms with Crippen LogP contribution in [-0.4, -0.2) is 29.2 Å². The molecule has 0 unspecified atom stereocenters. The molecular formula is C13H17F3N2O. The Morgan fingerprint density at radius 1 is 1.32 bits per heavy atom. The van der Waals surface area contributed by atoms with Gasteiger partial charge in [-0.25, -0.2) is 0 Å². The monoisotopic (exact) mass is 274 g/mol. The predicted molar refractivity (Wildman–Crippen MR) is 66.4 cm³/mol. The first-order valence-electron chi connectivity index (χ1n) is 6.21. The quantitative estimate of drug-likeness (QED) is 0.831. The van der Waals surface area contributed by atoms with Gasteiger partial charge < -0.3 is 10.8 Å². The second-order valence-corrected chi connectivity index (χ2v) is 4.91. The second-order valence-electron chi connectivity index (χ2n) is 4.91. The molecule has 1 heterocycles. The number of halogens is 3. The van der Waals surface area contributed by atoms with Gasteiger partial charge in [0.25, 0.3) is 0 Å². The largest absolute Gasteiger partial charge is 0.416 e. The molecule has 0 bridgehead atoms. The zero-order valence-electron chi connectivity index (χ0n) is 10.5. The fourth-order valence-electron chi connectivity index (χ4n) is 2.52. The molecule has 0 aliphatic carbocycles. The van der Waals surface area contributed by atoms with Gasteiger partial charge in [-0.15, -0.1) is 0 Å². The number of nitrogen functional groups attached to an aromatic ring is 1. The van der Waals surface area contributed by atoms with Crippen molar-refractivity contribution >= 4 is 5.69 Å². The smallest absolute Gasteiger partial charge is 0.399 e. The molecule has 0 amide bonds. The number of likely N-dealkylation sites (tertiary alicyclic amines) is 1. The molecule has 3 N–H and O–H groups in total. The van der Waals surface area contributed by atoms with Crippen molar-refractivity contribution in [3.63, 3.8) is 0 Å². The number of anilines is 1. The van der Waals surface area contributed by atoms with Gasteiger partial charge in [0.2, 0.25) is 0 Å². The number of benzene rings is 1. The number of aliphatic hydroxyl groups is 1. The number of alkyl halides is 3. The molecule has 3 nitrogen and oxygen atoms in total. The van der Waals surface area contributed by atoms with Crippen LogP contribution in [0.3, 0.4) is 0 Å². The third kappa shape index (κ3) is 3.39. The van der Waals surface area contributed by atoms with Gasteiger partial charge in [0, 0.05) is 18.3 Å². The summed E-state index contributed by atoms with van der Waals surface area (Å²) in [6.07, 6.45) is -2.55. The Balaban J connectivity index is 2.18. The van der Waals surface area contributed by atoms with E-state index in [0.29, 0.717) is 12.1 Å². The number of hydrogen-bond acceptors (Lipinski definition) is 3. The van der Waals surface area contributed by atoms with Crippen LogP contribution >= 0.6 is 0 Å². The molecule has 0 aromatic heterocycles. The molecule has 19 heavy (non-hydrogen) atoms. The minimum atomic E-state index is -4.38. The van der Waals surface area contributed by atoms with E-state index in [2.05, 4.69) is 0 Å². The lowest BCUT2D eigenvalue weighted by molar-refractivity contribution is -0.137. The van der Waals surface area contributed by atoms with Crippen molar-refractivity contribution in [1.29, 1.82) is 0 Å². The van der Waals surface area contributed by atoms with E-state index in [1.165, 1.54) is 0 Å². The fourth-order valence-corrected chi connectivity index (χ4v) is 2.52. The van der Waals surface area contributed by atoms with Crippen LogP contribution in [0.1, 0.15) is 24.0 Å². The minimum Gasteiger partial charge on any atom is -0.399 e. The highest BCUT2D eigenvalue weighted by atomic mass is 19.4. The van der Waals surface area contributed by atoms with Crippen LogP contribution in [0, 0.1) is 0 Å². The Labute approximate surface area is 109 Å². The fraction of sp³-hybridized carbons (Fsp3) is 0.538. The third-order valence-corrected chi connectivity index (χ3v) is 3.44. The number of aliphatic hydroxyl groups excluding tert-OH is 1. The molecule has 0 radical (unpaired) electrons. The highest BCUT2D eigenvalue weighted by molar-refractivity contribution is 5.45. The Kier molecular flexibility index (Phi) is 4.01. The molecule has 1 saturated heterocycles. The van der Waals surface area contributed by atoms with E-state index in [0.717, 1.165) is 31.5 Å². The van der Waals surface area contributed by atoms with E-state index in [1.54, 1.807) is 6.07 Å². The molecule has 0 spiro atoms. The van der Waals surface area contributed by atoms with Gasteiger partial charge in [-0.1, -0.05) is 0 Å². The van der Waals surface area contributed by atoms with Crippen LogP contribution in [0.4, 0.5) is 18.9 Å². The minimum absolute atomic E-state index is 0.0362. The number of rotatable bonds is 3. The Morgan fingerprint density at radius 3 is 2.68 bits per heavy atom. The maximum Gasteiger partial charge on any atom is 0.416 e. The van der Waals surface area contributed by atoms with Gasteiger partial charge in [0.15, 0.2) is 0 Å². The SMILES string of the molecule is Nc1cc(CN2CCC[C@@H]2CO)cc(C(F)(F)F)c1. The van der Waals surface area contributed by atoms with E-state index in [-0.39, 0.29) is 18.3 Å². The first-order chi connectivity index (χ1) is 8.90. The van der Waals surface area contributed by atoms with Crippen molar-refractivity contribution in [1.82, 2.24) is 4.90 Å². The van der Waals surface area contributed by atoms with Crippen LogP contribution in [0.15, 0.2) is 18.2 Å². The Bertz CT molecular complexity index is 448. The standard InChI is InChI=1S/C13H17F3N2O/c14-13(15,16)10-4-9(5-11(17)6-10)7-18-3-1-2-12(18)8-19/h4-6,12,19H,1-3,7-8,17H2/t12-/m1/s1. The molecule has 1 aliphatic rings. The van der Waals surface area contributed by atoms with Crippen LogP contribution in [0.2, 0.25) is 0 Å². The summed E-state index contributed by atoms with van der Waals surface area (Å²) in [5, 5.41) is 9.21. The molecule has 1 aliphatic heterocycles. The average molecular weight is 274 g/mol. The highest BCUT2D eigenvalue weighted by Crippen LogP contribution is 2.32. The van der Waals surface area contributed by atoms with Crippen molar-refractivity contribution in [2.24, 2.45) is 0 Å². The molecule has 6 heteroatoms. The molecule has 1 fully saturated rings. The molecule has 1 aromatic carbocycles. The number of nitrogens with zero attached hydrogens (tertiary/aromatic N) is 1. The van der Waals surface area contributed by atoms with Crippen molar-refractivity contribution in [3.05, 3.63) is 29.3 Å². The van der Waals surface area contributed by atoms with Gasteiger partial charge in [-0.3, -0.25) is 4.90 Å². The van der Waals surface area contributed by atoms with E-state index in [1.807, 2.05) is 4.90 Å². The topological polar surface area (TPSA) is 49.5 Å². The number of hydrogen-bond donors (Lipinski definition) is 2. The van der Waals surface area contributed by atoms with E-state index >= 15 is 0 Å². The van der Waals surface area contributed by atoms with Crippen LogP contribution in [0.25, 0.3) is 0 Å². The summed E-state index contributed by atoms with van der Waals surface area (Å²) in [5.41, 5.74) is 5.46. The predicted octanol–water partition coefficient (Wildman–Crippen LogP) is 2.24. The van der Waals surface area contributed by atoms with Crippen molar-refractivity contribution in [3.8, 4) is 0 Å². The molecule has 106 valence electrons. The molecular weight excluding hydrogens is 257 g/mol. The molecule has 1 aromatic rings. The Hall–Kier alpha value is -1.27. The summed E-state index contributed by atoms with van der Waals surface area (Å²) < 4.78 is 38.1. The molecule has 2 rings (SSSR count). The lowest BCUT2D eigenvalue weighted by atomic mass is 10.1. The van der Waals surface area contributed by atoms with Gasteiger partial charge in [0.1, 0.15) is 0 Å². The summed E-state index contributed by atoms with van der Waals surface area (Å²) in [4.78, 5) is 1.99. The van der Waals surface area contributed by atoms with Crippen molar-refractivity contribution in [2.75, 3.05) is 18.9 Å². The van der Waals surface area contributed by atoms with Crippen molar-refractivity contribution < 1.29 is 18.3 Å². The average Bonchev–Trinajstić information content (AvgIpc) is 2.74. The van der Waals surface area contributed by atoms with Crippen LogP contribution < -0.4 is 5.73 Å². The van der Waals surface area contributed by atoms with E-state index in [9.17, 15) is 18.3 Å². The lowest BCUT2D eigenvalue weighted by Gasteiger charge is -2.23. The summed E-state index contributed by atoms with van der Waals surface area (Å²) in [6.45, 7) is 1.22. The van der Waals surface area contributed by atoms with E-state index < -0.39 is 11.7 Å². The first-order valence-corrected chi connectivity index (χ1v) is 6.21. The highest BCUT2D eigenvalue weighted by Gasteiger charge is 2.31. The van der Waals surface area contributed by atoms with Crippen LogP contribution in [-0.2, 0) is 12.7 Å². The zero-order chi connectivity index (χ0) is 14.0. The lowest BCUT2D eigenvalue weighted by Crippen LogP contribution is -2.31. The maximum atomic E-state index is 12.7. The van der Waals surface area contributed by atoms with Gasteiger partial charge in [0.05, 0.1) is 12.2 Å². The van der Waals surface area contributed by atoms with Gasteiger partial charge >= 0.3 is 6.18 Å². The number of nitrogens with two attached hydrogens (primary N) is 1. The van der Waals surface area contributed by atoms with Gasteiger partial charge in [-0.05, 0) is 43.1 Å². The summed E-state index contributed by atoms with van der Waals surface area (Å²) in [6, 6.07) is 3.66. The summed E-state index contributed by atoms with van der Waals surface area (Å²) in [7, 11) is 0.